The molecule has 1 atom stereocenters. The Balaban J connectivity index is 2.20. The number of nitrogens with zero attached hydrogens (tertiary/aromatic N) is 2. The highest BCUT2D eigenvalue weighted by Gasteiger charge is 2.42. The van der Waals surface area contributed by atoms with Crippen molar-refractivity contribution in [2.45, 2.75) is 26.5 Å². The summed E-state index contributed by atoms with van der Waals surface area (Å²) < 4.78 is 7.39. The van der Waals surface area contributed by atoms with Gasteiger partial charge in [-0.25, -0.2) is 4.98 Å². The molecule has 0 saturated heterocycles. The van der Waals surface area contributed by atoms with Gasteiger partial charge >= 0.3 is 0 Å². The number of rotatable bonds is 4. The van der Waals surface area contributed by atoms with Crippen LogP contribution in [0.4, 0.5) is 0 Å². The zero-order valence-electron chi connectivity index (χ0n) is 11.9. The lowest BCUT2D eigenvalue weighted by Crippen LogP contribution is -2.49. The number of aliphatic hydroxyl groups is 1. The van der Waals surface area contributed by atoms with Gasteiger partial charge in [0.15, 0.2) is 5.72 Å². The molecular formula is C15H19ClN2O2. The van der Waals surface area contributed by atoms with E-state index in [0.29, 0.717) is 10.8 Å². The molecule has 2 aromatic rings. The number of aromatic nitrogens is 2. The lowest BCUT2D eigenvalue weighted by molar-refractivity contribution is -0.153. The highest BCUT2D eigenvalue weighted by Crippen LogP contribution is 2.35. The maximum Gasteiger partial charge on any atom is 0.182 e. The normalized spacial score (nSPS) is 14.8. The van der Waals surface area contributed by atoms with Gasteiger partial charge < -0.3 is 14.4 Å². The van der Waals surface area contributed by atoms with E-state index in [4.69, 9.17) is 16.3 Å². The first kappa shape index (κ1) is 14.9. The van der Waals surface area contributed by atoms with Crippen LogP contribution in [0.25, 0.3) is 0 Å². The quantitative estimate of drug-likeness (QED) is 0.941. The van der Waals surface area contributed by atoms with Crippen molar-refractivity contribution in [3.05, 3.63) is 48.0 Å². The fourth-order valence-electron chi connectivity index (χ4n) is 1.87. The fourth-order valence-corrected chi connectivity index (χ4v) is 2.00. The van der Waals surface area contributed by atoms with Gasteiger partial charge in [-0.05, 0) is 24.3 Å². The molecule has 1 unspecified atom stereocenters. The van der Waals surface area contributed by atoms with Crippen molar-refractivity contribution in [2.75, 3.05) is 6.61 Å². The molecule has 2 rings (SSSR count). The van der Waals surface area contributed by atoms with E-state index in [-0.39, 0.29) is 6.61 Å². The summed E-state index contributed by atoms with van der Waals surface area (Å²) in [4.78, 5) is 4.00. The van der Waals surface area contributed by atoms with Gasteiger partial charge in [-0.3, -0.25) is 0 Å². The Labute approximate surface area is 124 Å². The Morgan fingerprint density at radius 2 is 1.90 bits per heavy atom. The molecule has 0 bridgehead atoms. The molecule has 0 saturated carbocycles. The molecule has 0 spiro atoms. The van der Waals surface area contributed by atoms with Crippen molar-refractivity contribution < 1.29 is 9.84 Å². The monoisotopic (exact) mass is 294 g/mol. The summed E-state index contributed by atoms with van der Waals surface area (Å²) in [6, 6.07) is 7.06. The Morgan fingerprint density at radius 1 is 1.25 bits per heavy atom. The van der Waals surface area contributed by atoms with Crippen LogP contribution in [0.2, 0.25) is 5.02 Å². The highest BCUT2D eigenvalue weighted by atomic mass is 35.5. The summed E-state index contributed by atoms with van der Waals surface area (Å²) in [6.07, 6.45) is 4.96. The molecule has 1 heterocycles. The Bertz CT molecular complexity index is 546. The largest absolute Gasteiger partial charge is 0.489 e. The van der Waals surface area contributed by atoms with Gasteiger partial charge in [0.25, 0.3) is 0 Å². The van der Waals surface area contributed by atoms with E-state index >= 15 is 0 Å². The third-order valence-electron chi connectivity index (χ3n) is 3.39. The van der Waals surface area contributed by atoms with E-state index in [0.717, 1.165) is 0 Å². The van der Waals surface area contributed by atoms with Crippen LogP contribution in [0.15, 0.2) is 43.0 Å². The number of hydrogen-bond donors (Lipinski definition) is 1. The van der Waals surface area contributed by atoms with E-state index in [2.05, 4.69) is 4.98 Å². The molecule has 0 aliphatic carbocycles. The predicted octanol–water partition coefficient (Wildman–Crippen LogP) is 3.31. The van der Waals surface area contributed by atoms with Gasteiger partial charge in [0.1, 0.15) is 12.4 Å². The second-order valence-corrected chi connectivity index (χ2v) is 6.22. The smallest absolute Gasteiger partial charge is 0.182 e. The minimum atomic E-state index is -1.19. The van der Waals surface area contributed by atoms with E-state index in [9.17, 15) is 5.11 Å². The van der Waals surface area contributed by atoms with Gasteiger partial charge in [0, 0.05) is 22.8 Å². The van der Waals surface area contributed by atoms with Crippen LogP contribution in [-0.4, -0.2) is 21.3 Å². The molecule has 0 fully saturated rings. The summed E-state index contributed by atoms with van der Waals surface area (Å²) >= 11 is 5.84. The molecule has 4 nitrogen and oxygen atoms in total. The van der Waals surface area contributed by atoms with Crippen LogP contribution < -0.4 is 4.74 Å². The van der Waals surface area contributed by atoms with Crippen molar-refractivity contribution in [2.24, 2.45) is 5.41 Å². The lowest BCUT2D eigenvalue weighted by Gasteiger charge is -2.40. The van der Waals surface area contributed by atoms with Crippen molar-refractivity contribution >= 4 is 11.6 Å². The van der Waals surface area contributed by atoms with Crippen LogP contribution in [0.1, 0.15) is 20.8 Å². The van der Waals surface area contributed by atoms with Gasteiger partial charge in [0.05, 0.1) is 6.33 Å². The molecule has 0 amide bonds. The van der Waals surface area contributed by atoms with Gasteiger partial charge in [0.2, 0.25) is 0 Å². The van der Waals surface area contributed by atoms with Crippen LogP contribution in [-0.2, 0) is 5.72 Å². The third kappa shape index (κ3) is 2.97. The summed E-state index contributed by atoms with van der Waals surface area (Å²) in [5, 5.41) is 11.6. The van der Waals surface area contributed by atoms with Crippen LogP contribution in [0.3, 0.4) is 0 Å². The summed E-state index contributed by atoms with van der Waals surface area (Å²) in [7, 11) is 0. The van der Waals surface area contributed by atoms with Gasteiger partial charge in [-0.1, -0.05) is 32.4 Å². The third-order valence-corrected chi connectivity index (χ3v) is 3.64. The maximum atomic E-state index is 11.0. The number of halogens is 1. The average molecular weight is 295 g/mol. The standard InChI is InChI=1S/C15H19ClN2O2/c1-14(2,3)15(19,18-9-8-17-11-18)10-20-13-6-4-12(16)5-7-13/h4-9,11,19H,10H2,1-3H3. The SMILES string of the molecule is CC(C)(C)C(O)(COc1ccc(Cl)cc1)n1ccnc1. The number of benzene rings is 1. The molecule has 1 aromatic carbocycles. The summed E-state index contributed by atoms with van der Waals surface area (Å²) in [5.74, 6) is 0.664. The summed E-state index contributed by atoms with van der Waals surface area (Å²) in [6.45, 7) is 5.99. The van der Waals surface area contributed by atoms with Gasteiger partial charge in [-0.2, -0.15) is 0 Å². The van der Waals surface area contributed by atoms with Crippen molar-refractivity contribution in [3.63, 3.8) is 0 Å². The highest BCUT2D eigenvalue weighted by molar-refractivity contribution is 6.30. The van der Waals surface area contributed by atoms with E-state index in [1.807, 2.05) is 20.8 Å². The fraction of sp³-hybridized carbons (Fsp3) is 0.400. The number of ether oxygens (including phenoxy) is 1. The van der Waals surface area contributed by atoms with Crippen LogP contribution in [0, 0.1) is 5.41 Å². The van der Waals surface area contributed by atoms with Crippen molar-refractivity contribution in [3.8, 4) is 5.75 Å². The zero-order chi connectivity index (χ0) is 14.8. The molecule has 1 aromatic heterocycles. The van der Waals surface area contributed by atoms with Crippen LogP contribution >= 0.6 is 11.6 Å². The van der Waals surface area contributed by atoms with E-state index < -0.39 is 11.1 Å². The Hall–Kier alpha value is -1.52. The number of imidazole rings is 1. The number of hydrogen-bond acceptors (Lipinski definition) is 3. The molecular weight excluding hydrogens is 276 g/mol. The zero-order valence-corrected chi connectivity index (χ0v) is 12.6. The van der Waals surface area contributed by atoms with E-state index in [1.165, 1.54) is 0 Å². The topological polar surface area (TPSA) is 47.3 Å². The maximum absolute atomic E-state index is 11.0. The predicted molar refractivity (Wildman–Crippen MR) is 78.8 cm³/mol. The first-order valence-electron chi connectivity index (χ1n) is 6.42. The molecule has 20 heavy (non-hydrogen) atoms. The molecule has 0 aliphatic heterocycles. The average Bonchev–Trinajstić information content (AvgIpc) is 2.90. The second kappa shape index (κ2) is 5.46. The molecule has 5 heteroatoms. The first-order chi connectivity index (χ1) is 9.33. The minimum absolute atomic E-state index is 0.120. The Kier molecular flexibility index (Phi) is 4.06. The van der Waals surface area contributed by atoms with Crippen molar-refractivity contribution in [1.29, 1.82) is 0 Å². The van der Waals surface area contributed by atoms with Crippen LogP contribution in [0.5, 0.6) is 5.75 Å². The van der Waals surface area contributed by atoms with E-state index in [1.54, 1.807) is 47.6 Å². The molecule has 0 radical (unpaired) electrons. The Morgan fingerprint density at radius 3 is 2.40 bits per heavy atom. The summed E-state index contributed by atoms with van der Waals surface area (Å²) in [5.41, 5.74) is -1.61. The minimum Gasteiger partial charge on any atom is -0.489 e. The van der Waals surface area contributed by atoms with Crippen molar-refractivity contribution in [1.82, 2.24) is 9.55 Å². The second-order valence-electron chi connectivity index (χ2n) is 5.78. The molecule has 1 N–H and O–H groups in total. The lowest BCUT2D eigenvalue weighted by atomic mass is 9.83. The van der Waals surface area contributed by atoms with Gasteiger partial charge in [-0.15, -0.1) is 0 Å². The molecule has 108 valence electrons. The first-order valence-corrected chi connectivity index (χ1v) is 6.80. The molecule has 0 aliphatic rings.